The third-order valence-corrected chi connectivity index (χ3v) is 9.16. The zero-order valence-corrected chi connectivity index (χ0v) is 22.4. The predicted octanol–water partition coefficient (Wildman–Crippen LogP) is 4.50. The molecule has 2 aromatic rings. The monoisotopic (exact) mass is 532 g/mol. The van der Waals surface area contributed by atoms with E-state index in [4.69, 9.17) is 0 Å². The van der Waals surface area contributed by atoms with Crippen molar-refractivity contribution in [3.63, 3.8) is 0 Å². The van der Waals surface area contributed by atoms with E-state index < -0.39 is 80.1 Å². The first kappa shape index (κ1) is 26.8. The van der Waals surface area contributed by atoms with E-state index in [1.54, 1.807) is 51.1 Å². The zero-order valence-electron chi connectivity index (χ0n) is 22.4. The van der Waals surface area contributed by atoms with Crippen LogP contribution in [0.4, 0.5) is 0 Å². The second-order valence-electron chi connectivity index (χ2n) is 11.8. The van der Waals surface area contributed by atoms with E-state index in [1.807, 2.05) is 6.07 Å². The molecule has 8 nitrogen and oxygen atoms in total. The number of ketones is 3. The molecule has 2 aromatic carbocycles. The summed E-state index contributed by atoms with van der Waals surface area (Å²) in [4.78, 5) is 40.3. The number of fused-ring (bicyclic) bond motifs is 3. The summed E-state index contributed by atoms with van der Waals surface area (Å²) in [6.07, 6.45) is -1.65. The van der Waals surface area contributed by atoms with Gasteiger partial charge in [0.1, 0.15) is 22.8 Å². The van der Waals surface area contributed by atoms with Crippen LogP contribution in [0, 0.1) is 22.7 Å². The first-order valence-corrected chi connectivity index (χ1v) is 12.9. The molecule has 0 spiro atoms. The highest BCUT2D eigenvalue weighted by Gasteiger charge is 2.72. The summed E-state index contributed by atoms with van der Waals surface area (Å²) in [5.74, 6) is -6.07. The van der Waals surface area contributed by atoms with Crippen LogP contribution in [0.25, 0.3) is 11.1 Å². The summed E-state index contributed by atoms with van der Waals surface area (Å²) < 4.78 is 0. The number of aliphatic hydroxyl groups excluding tert-OH is 3. The maximum atomic E-state index is 14.1. The SMILES string of the molecule is CC(=O)C1=C(O)C(C(C)C)[C@@]2(C)C[C@]3(C)C(=C(O)[C@@]2(O)C1=O)C(=O)c1c(O)ccc(-c2ccccc2)c1[C@H]3O. The third-order valence-electron chi connectivity index (χ3n) is 9.16. The lowest BCUT2D eigenvalue weighted by Crippen LogP contribution is -2.67. The summed E-state index contributed by atoms with van der Waals surface area (Å²) >= 11 is 0. The van der Waals surface area contributed by atoms with Gasteiger partial charge in [0.15, 0.2) is 17.2 Å². The van der Waals surface area contributed by atoms with Gasteiger partial charge in [-0.15, -0.1) is 0 Å². The lowest BCUT2D eigenvalue weighted by molar-refractivity contribution is -0.177. The number of aromatic hydroxyl groups is 1. The number of rotatable bonds is 3. The minimum Gasteiger partial charge on any atom is -0.511 e. The molecular weight excluding hydrogens is 500 g/mol. The van der Waals surface area contributed by atoms with Crippen molar-refractivity contribution in [2.75, 3.05) is 0 Å². The van der Waals surface area contributed by atoms with Gasteiger partial charge in [-0.05, 0) is 36.5 Å². The van der Waals surface area contributed by atoms with Crippen LogP contribution in [0.5, 0.6) is 5.75 Å². The molecule has 0 saturated heterocycles. The van der Waals surface area contributed by atoms with Crippen LogP contribution >= 0.6 is 0 Å². The minimum absolute atomic E-state index is 0.173. The Bertz CT molecular complexity index is 1520. The number of benzene rings is 2. The molecule has 0 radical (unpaired) electrons. The van der Waals surface area contributed by atoms with E-state index in [1.165, 1.54) is 13.0 Å². The summed E-state index contributed by atoms with van der Waals surface area (Å²) in [5.41, 5.74) is -5.76. The molecule has 5 rings (SSSR count). The van der Waals surface area contributed by atoms with Crippen molar-refractivity contribution in [3.8, 4) is 16.9 Å². The number of phenolic OH excluding ortho intramolecular Hbond substituents is 1. The van der Waals surface area contributed by atoms with E-state index in [-0.39, 0.29) is 17.5 Å². The summed E-state index contributed by atoms with van der Waals surface area (Å²) in [5, 5.41) is 57.8. The molecule has 39 heavy (non-hydrogen) atoms. The Kier molecular flexibility index (Phi) is 5.76. The minimum atomic E-state index is -2.73. The molecule has 204 valence electrons. The molecule has 0 bridgehead atoms. The first-order valence-electron chi connectivity index (χ1n) is 12.9. The second kappa shape index (κ2) is 8.37. The fourth-order valence-corrected chi connectivity index (χ4v) is 7.59. The number of carbonyl (C=O) groups excluding carboxylic acids is 3. The van der Waals surface area contributed by atoms with E-state index in [0.717, 1.165) is 6.92 Å². The van der Waals surface area contributed by atoms with Crippen molar-refractivity contribution in [2.45, 2.75) is 52.7 Å². The fourth-order valence-electron chi connectivity index (χ4n) is 7.59. The van der Waals surface area contributed by atoms with Gasteiger partial charge in [0, 0.05) is 22.3 Å². The van der Waals surface area contributed by atoms with Gasteiger partial charge >= 0.3 is 0 Å². The van der Waals surface area contributed by atoms with Crippen molar-refractivity contribution in [3.05, 3.63) is 76.3 Å². The van der Waals surface area contributed by atoms with Crippen LogP contribution in [-0.4, -0.2) is 48.5 Å². The quantitative estimate of drug-likeness (QED) is 0.362. The van der Waals surface area contributed by atoms with E-state index in [0.29, 0.717) is 11.1 Å². The number of allylic oxidation sites excluding steroid dienone is 1. The highest BCUT2D eigenvalue weighted by atomic mass is 16.4. The van der Waals surface area contributed by atoms with Crippen molar-refractivity contribution in [1.82, 2.24) is 0 Å². The van der Waals surface area contributed by atoms with Gasteiger partial charge in [-0.3, -0.25) is 14.4 Å². The van der Waals surface area contributed by atoms with Crippen LogP contribution < -0.4 is 0 Å². The maximum Gasteiger partial charge on any atom is 0.209 e. The smallest absolute Gasteiger partial charge is 0.209 e. The Morgan fingerprint density at radius 3 is 2.18 bits per heavy atom. The van der Waals surface area contributed by atoms with Gasteiger partial charge in [-0.2, -0.15) is 0 Å². The Morgan fingerprint density at radius 2 is 1.62 bits per heavy atom. The number of Topliss-reactive ketones (excluding diaryl/α,β-unsaturated/α-hetero) is 3. The number of aliphatic hydroxyl groups is 4. The molecule has 5 N–H and O–H groups in total. The van der Waals surface area contributed by atoms with Crippen molar-refractivity contribution < 1.29 is 39.9 Å². The van der Waals surface area contributed by atoms with E-state index in [9.17, 15) is 39.9 Å². The van der Waals surface area contributed by atoms with Gasteiger partial charge in [-0.25, -0.2) is 0 Å². The Hall–Kier alpha value is -3.75. The Balaban J connectivity index is 1.86. The number of phenols is 1. The number of hydrogen-bond donors (Lipinski definition) is 5. The van der Waals surface area contributed by atoms with Gasteiger partial charge in [-0.1, -0.05) is 64.1 Å². The molecular formula is C31H32O8. The molecule has 5 atom stereocenters. The van der Waals surface area contributed by atoms with Crippen LogP contribution in [-0.2, 0) is 9.59 Å². The molecule has 0 aliphatic heterocycles. The summed E-state index contributed by atoms with van der Waals surface area (Å²) in [6, 6.07) is 12.0. The van der Waals surface area contributed by atoms with Crippen molar-refractivity contribution >= 4 is 17.3 Å². The largest absolute Gasteiger partial charge is 0.511 e. The molecule has 1 unspecified atom stereocenters. The van der Waals surface area contributed by atoms with Gasteiger partial charge < -0.3 is 25.5 Å². The van der Waals surface area contributed by atoms with Gasteiger partial charge in [0.25, 0.3) is 0 Å². The predicted molar refractivity (Wildman–Crippen MR) is 142 cm³/mol. The normalized spacial score (nSPS) is 32.2. The lowest BCUT2D eigenvalue weighted by Gasteiger charge is -2.60. The average Bonchev–Trinajstić information content (AvgIpc) is 2.85. The first-order chi connectivity index (χ1) is 18.1. The van der Waals surface area contributed by atoms with E-state index >= 15 is 0 Å². The van der Waals surface area contributed by atoms with Gasteiger partial charge in [0.2, 0.25) is 5.78 Å². The van der Waals surface area contributed by atoms with Crippen molar-refractivity contribution in [1.29, 1.82) is 0 Å². The molecule has 0 fully saturated rings. The van der Waals surface area contributed by atoms with Crippen LogP contribution in [0.15, 0.2) is 65.1 Å². The molecule has 0 amide bonds. The average molecular weight is 533 g/mol. The van der Waals surface area contributed by atoms with Gasteiger partial charge in [0.05, 0.1) is 17.2 Å². The third kappa shape index (κ3) is 3.16. The highest BCUT2D eigenvalue weighted by Crippen LogP contribution is 2.67. The lowest BCUT2D eigenvalue weighted by atomic mass is 9.44. The van der Waals surface area contributed by atoms with Crippen molar-refractivity contribution in [2.24, 2.45) is 22.7 Å². The standard InChI is InChI=1S/C31H32O8/c1-14(2)22-24(34)19(15(3)32)27(37)31(39)28(38)23-25(35)21-18(33)12-11-17(16-9-7-6-8-10-16)20(21)26(36)29(23,4)13-30(22,31)5/h6-12,14,22,26,33-34,36,38-39H,13H2,1-5H3/t22?,26-,29-,30-,31+/m1/s1. The summed E-state index contributed by atoms with van der Waals surface area (Å²) in [6.45, 7) is 7.67. The molecule has 0 saturated carbocycles. The Morgan fingerprint density at radius 1 is 1.00 bits per heavy atom. The van der Waals surface area contributed by atoms with E-state index in [2.05, 4.69) is 0 Å². The molecule has 8 heteroatoms. The summed E-state index contributed by atoms with van der Waals surface area (Å²) in [7, 11) is 0. The molecule has 3 aliphatic rings. The second-order valence-corrected chi connectivity index (χ2v) is 11.8. The number of carbonyl (C=O) groups is 3. The van der Waals surface area contributed by atoms with Crippen LogP contribution in [0.3, 0.4) is 0 Å². The van der Waals surface area contributed by atoms with Crippen LogP contribution in [0.1, 0.15) is 63.1 Å². The topological polar surface area (TPSA) is 152 Å². The fraction of sp³-hybridized carbons (Fsp3) is 0.387. The highest BCUT2D eigenvalue weighted by molar-refractivity contribution is 6.25. The van der Waals surface area contributed by atoms with Crippen LogP contribution in [0.2, 0.25) is 0 Å². The maximum absolute atomic E-state index is 14.1. The zero-order chi connectivity index (χ0) is 28.8. The molecule has 3 aliphatic carbocycles. The Labute approximate surface area is 225 Å². The molecule has 0 heterocycles. The molecule has 0 aromatic heterocycles. The number of hydrogen-bond acceptors (Lipinski definition) is 8.